The van der Waals surface area contributed by atoms with Crippen LogP contribution in [0.25, 0.3) is 0 Å². The van der Waals surface area contributed by atoms with Gasteiger partial charge in [-0.25, -0.2) is 18.1 Å². The number of aromatic nitrogens is 2. The molecule has 6 nitrogen and oxygen atoms in total. The van der Waals surface area contributed by atoms with Crippen molar-refractivity contribution in [2.75, 3.05) is 18.5 Å². The van der Waals surface area contributed by atoms with E-state index in [-0.39, 0.29) is 16.1 Å². The van der Waals surface area contributed by atoms with Crippen molar-refractivity contribution in [3.8, 4) is 0 Å². The smallest absolute Gasteiger partial charge is 0.260 e. The summed E-state index contributed by atoms with van der Waals surface area (Å²) in [5, 5.41) is 0.227. The van der Waals surface area contributed by atoms with Gasteiger partial charge in [0, 0.05) is 18.8 Å². The van der Waals surface area contributed by atoms with Crippen LogP contribution in [0.15, 0.2) is 11.4 Å². The predicted molar refractivity (Wildman–Crippen MR) is 65.8 cm³/mol. The molecule has 92 valence electrons. The van der Waals surface area contributed by atoms with Gasteiger partial charge in [-0.15, -0.1) is 0 Å². The molecule has 0 aliphatic heterocycles. The third-order valence-corrected chi connectivity index (χ3v) is 4.65. The van der Waals surface area contributed by atoms with Gasteiger partial charge < -0.3 is 10.3 Å². The highest BCUT2D eigenvalue weighted by molar-refractivity contribution is 7.99. The van der Waals surface area contributed by atoms with Gasteiger partial charge in [0.15, 0.2) is 10.8 Å². The Morgan fingerprint density at radius 3 is 2.75 bits per heavy atom. The van der Waals surface area contributed by atoms with Crippen molar-refractivity contribution < 1.29 is 8.42 Å². The molecule has 0 fully saturated rings. The number of anilines is 1. The van der Waals surface area contributed by atoms with Crippen molar-refractivity contribution in [2.24, 2.45) is 7.05 Å². The third kappa shape index (κ3) is 2.89. The fourth-order valence-corrected chi connectivity index (χ4v) is 2.86. The number of hydrogen-bond donors (Lipinski definition) is 2. The molecule has 0 saturated carbocycles. The molecule has 0 aliphatic carbocycles. The number of thioether (sulfide) groups is 1. The molecule has 1 heterocycles. The summed E-state index contributed by atoms with van der Waals surface area (Å²) in [6, 6.07) is 0. The van der Waals surface area contributed by atoms with E-state index in [4.69, 9.17) is 5.73 Å². The molecule has 1 rings (SSSR count). The molecule has 3 N–H and O–H groups in total. The molecule has 1 unspecified atom stereocenters. The Morgan fingerprint density at radius 1 is 1.69 bits per heavy atom. The number of nitrogens with zero attached hydrogens (tertiary/aromatic N) is 2. The molecule has 0 amide bonds. The van der Waals surface area contributed by atoms with Gasteiger partial charge in [0.25, 0.3) is 10.0 Å². The Bertz CT molecular complexity index is 435. The molecular formula is C8H16N4O2S2. The lowest BCUT2D eigenvalue weighted by Crippen LogP contribution is -2.31. The van der Waals surface area contributed by atoms with Gasteiger partial charge in [-0.3, -0.25) is 0 Å². The SMILES string of the molecule is CSC(C)CNS(=O)(=O)c1c(N)ncn1C. The Balaban J connectivity index is 2.87. The highest BCUT2D eigenvalue weighted by Crippen LogP contribution is 2.15. The quantitative estimate of drug-likeness (QED) is 0.783. The Labute approximate surface area is 99.7 Å². The van der Waals surface area contributed by atoms with E-state index in [1.54, 1.807) is 18.8 Å². The lowest BCUT2D eigenvalue weighted by atomic mass is 10.5. The molecule has 1 aromatic rings. The zero-order chi connectivity index (χ0) is 12.3. The Hall–Kier alpha value is -0.730. The first-order valence-corrected chi connectivity index (χ1v) is 7.45. The van der Waals surface area contributed by atoms with Crippen LogP contribution in [0.1, 0.15) is 6.92 Å². The summed E-state index contributed by atoms with van der Waals surface area (Å²) in [6.07, 6.45) is 3.30. The molecule has 1 atom stereocenters. The second-order valence-electron chi connectivity index (χ2n) is 3.44. The van der Waals surface area contributed by atoms with Gasteiger partial charge in [-0.2, -0.15) is 11.8 Å². The maximum absolute atomic E-state index is 11.9. The van der Waals surface area contributed by atoms with E-state index in [9.17, 15) is 8.42 Å². The summed E-state index contributed by atoms with van der Waals surface area (Å²) >= 11 is 1.59. The second-order valence-corrected chi connectivity index (χ2v) is 6.40. The van der Waals surface area contributed by atoms with Crippen LogP contribution < -0.4 is 10.5 Å². The molecule has 0 radical (unpaired) electrons. The maximum Gasteiger partial charge on any atom is 0.260 e. The van der Waals surface area contributed by atoms with E-state index >= 15 is 0 Å². The van der Waals surface area contributed by atoms with Crippen LogP contribution in [-0.4, -0.2) is 36.0 Å². The van der Waals surface area contributed by atoms with Crippen LogP contribution in [0, 0.1) is 0 Å². The first kappa shape index (κ1) is 13.3. The fourth-order valence-electron chi connectivity index (χ4n) is 1.14. The van der Waals surface area contributed by atoms with Crippen LogP contribution in [0.2, 0.25) is 0 Å². The number of nitrogens with one attached hydrogen (secondary N) is 1. The summed E-state index contributed by atoms with van der Waals surface area (Å²) < 4.78 is 27.7. The largest absolute Gasteiger partial charge is 0.381 e. The van der Waals surface area contributed by atoms with Crippen molar-refractivity contribution in [3.05, 3.63) is 6.33 Å². The number of hydrogen-bond acceptors (Lipinski definition) is 5. The van der Waals surface area contributed by atoms with Crippen LogP contribution in [0.3, 0.4) is 0 Å². The van der Waals surface area contributed by atoms with Crippen LogP contribution in [-0.2, 0) is 17.1 Å². The molecule has 0 aromatic carbocycles. The number of nitrogen functional groups attached to an aromatic ring is 1. The summed E-state index contributed by atoms with van der Waals surface area (Å²) in [5.41, 5.74) is 5.51. The molecule has 16 heavy (non-hydrogen) atoms. The topological polar surface area (TPSA) is 90.0 Å². The van der Waals surface area contributed by atoms with E-state index in [0.29, 0.717) is 6.54 Å². The second kappa shape index (κ2) is 5.07. The Kier molecular flexibility index (Phi) is 4.22. The van der Waals surface area contributed by atoms with Gasteiger partial charge in [0.05, 0.1) is 6.33 Å². The van der Waals surface area contributed by atoms with Gasteiger partial charge in [-0.1, -0.05) is 6.92 Å². The zero-order valence-corrected chi connectivity index (χ0v) is 11.1. The minimum atomic E-state index is -3.57. The van der Waals surface area contributed by atoms with Crippen molar-refractivity contribution in [3.63, 3.8) is 0 Å². The van der Waals surface area contributed by atoms with Gasteiger partial charge in [-0.05, 0) is 6.26 Å². The minimum Gasteiger partial charge on any atom is -0.381 e. The van der Waals surface area contributed by atoms with Crippen LogP contribution in [0.5, 0.6) is 0 Å². The van der Waals surface area contributed by atoms with Crippen molar-refractivity contribution in [2.45, 2.75) is 17.2 Å². The minimum absolute atomic E-state index is 0.0146. The monoisotopic (exact) mass is 264 g/mol. The van der Waals surface area contributed by atoms with E-state index in [1.807, 2.05) is 13.2 Å². The van der Waals surface area contributed by atoms with Crippen LogP contribution >= 0.6 is 11.8 Å². The summed E-state index contributed by atoms with van der Waals surface area (Å²) in [5.74, 6) is 0.0202. The number of rotatable bonds is 5. The summed E-state index contributed by atoms with van der Waals surface area (Å²) in [7, 11) is -1.98. The zero-order valence-electron chi connectivity index (χ0n) is 9.47. The molecule has 0 spiro atoms. The van der Waals surface area contributed by atoms with Crippen molar-refractivity contribution in [1.29, 1.82) is 0 Å². The third-order valence-electron chi connectivity index (χ3n) is 2.13. The summed E-state index contributed by atoms with van der Waals surface area (Å²) in [4.78, 5) is 3.75. The first-order chi connectivity index (χ1) is 7.38. The normalized spacial score (nSPS) is 13.9. The highest BCUT2D eigenvalue weighted by atomic mass is 32.2. The average molecular weight is 264 g/mol. The van der Waals surface area contributed by atoms with Gasteiger partial charge in [0.1, 0.15) is 0 Å². The van der Waals surface area contributed by atoms with Gasteiger partial charge in [0.2, 0.25) is 0 Å². The van der Waals surface area contributed by atoms with Gasteiger partial charge >= 0.3 is 0 Å². The molecule has 0 bridgehead atoms. The van der Waals surface area contributed by atoms with Crippen molar-refractivity contribution in [1.82, 2.24) is 14.3 Å². The number of imidazole rings is 1. The molecule has 1 aromatic heterocycles. The number of aryl methyl sites for hydroxylation is 1. The van der Waals surface area contributed by atoms with E-state index in [0.717, 1.165) is 0 Å². The van der Waals surface area contributed by atoms with Crippen molar-refractivity contribution >= 4 is 27.6 Å². The van der Waals surface area contributed by atoms with E-state index < -0.39 is 10.0 Å². The molecule has 0 aliphatic rings. The first-order valence-electron chi connectivity index (χ1n) is 4.67. The van der Waals surface area contributed by atoms with E-state index in [1.165, 1.54) is 10.9 Å². The van der Waals surface area contributed by atoms with E-state index in [2.05, 4.69) is 9.71 Å². The lowest BCUT2D eigenvalue weighted by molar-refractivity contribution is 0.572. The standard InChI is InChI=1S/C8H16N4O2S2/c1-6(15-3)4-11-16(13,14)8-7(9)10-5-12(8)2/h5-6,11H,4,9H2,1-3H3. The highest BCUT2D eigenvalue weighted by Gasteiger charge is 2.22. The fraction of sp³-hybridized carbons (Fsp3) is 0.625. The molecular weight excluding hydrogens is 248 g/mol. The average Bonchev–Trinajstić information content (AvgIpc) is 2.55. The maximum atomic E-state index is 11.9. The lowest BCUT2D eigenvalue weighted by Gasteiger charge is -2.11. The van der Waals surface area contributed by atoms with Crippen LogP contribution in [0.4, 0.5) is 5.82 Å². The molecule has 8 heteroatoms. The molecule has 0 saturated heterocycles. The number of sulfonamides is 1. The number of nitrogens with two attached hydrogens (primary N) is 1. The Morgan fingerprint density at radius 2 is 2.31 bits per heavy atom. The predicted octanol–water partition coefficient (Wildman–Crippen LogP) is 0.0321. The summed E-state index contributed by atoms with van der Waals surface area (Å²) in [6.45, 7) is 2.31.